The van der Waals surface area contributed by atoms with Crippen LogP contribution in [0.3, 0.4) is 0 Å². The summed E-state index contributed by atoms with van der Waals surface area (Å²) in [4.78, 5) is 0. The number of benzene rings is 1. The summed E-state index contributed by atoms with van der Waals surface area (Å²) in [5.41, 5.74) is 0.0990. The molecule has 1 aromatic carbocycles. The van der Waals surface area contributed by atoms with Gasteiger partial charge in [0.25, 0.3) is 0 Å². The van der Waals surface area contributed by atoms with Gasteiger partial charge in [-0.1, -0.05) is 12.8 Å². The van der Waals surface area contributed by atoms with Gasteiger partial charge in [0, 0.05) is 5.56 Å². The third kappa shape index (κ3) is 2.17. The van der Waals surface area contributed by atoms with E-state index < -0.39 is 17.7 Å². The summed E-state index contributed by atoms with van der Waals surface area (Å²) < 4.78 is 26.3. The maximum atomic E-state index is 13.3. The highest BCUT2D eigenvalue weighted by molar-refractivity contribution is 5.21. The average Bonchev–Trinajstić information content (AvgIpc) is 2.74. The zero-order valence-electron chi connectivity index (χ0n) is 8.42. The first-order chi connectivity index (χ1) is 7.18. The van der Waals surface area contributed by atoms with Crippen molar-refractivity contribution < 1.29 is 13.9 Å². The molecule has 0 saturated heterocycles. The number of hydrogen-bond donors (Lipinski definition) is 1. The van der Waals surface area contributed by atoms with E-state index >= 15 is 0 Å². The van der Waals surface area contributed by atoms with Gasteiger partial charge in [0.05, 0.1) is 6.10 Å². The van der Waals surface area contributed by atoms with E-state index in [0.717, 1.165) is 43.9 Å². The summed E-state index contributed by atoms with van der Waals surface area (Å²) >= 11 is 0. The standard InChI is InChI=1S/C12H14F2O/c13-9-5-6-11(14)10(7-9)12(15)8-3-1-2-4-8/h5-8,12,15H,1-4H2/t12-/m1/s1. The number of rotatable bonds is 2. The third-order valence-electron chi connectivity index (χ3n) is 3.12. The van der Waals surface area contributed by atoms with Crippen molar-refractivity contribution in [2.45, 2.75) is 31.8 Å². The van der Waals surface area contributed by atoms with Crippen LogP contribution < -0.4 is 0 Å². The van der Waals surface area contributed by atoms with Gasteiger partial charge in [0.1, 0.15) is 11.6 Å². The van der Waals surface area contributed by atoms with Crippen LogP contribution in [0.4, 0.5) is 8.78 Å². The smallest absolute Gasteiger partial charge is 0.129 e. The van der Waals surface area contributed by atoms with Gasteiger partial charge in [-0.25, -0.2) is 8.78 Å². The SMILES string of the molecule is O[C@@H](c1cc(F)ccc1F)C1CCCC1. The van der Waals surface area contributed by atoms with Crippen LogP contribution in [0.1, 0.15) is 37.4 Å². The Morgan fingerprint density at radius 1 is 1.20 bits per heavy atom. The fourth-order valence-electron chi connectivity index (χ4n) is 2.27. The molecular formula is C12H14F2O. The molecule has 82 valence electrons. The Labute approximate surface area is 87.7 Å². The molecule has 1 nitrogen and oxygen atoms in total. The van der Waals surface area contributed by atoms with Crippen molar-refractivity contribution in [3.8, 4) is 0 Å². The summed E-state index contributed by atoms with van der Waals surface area (Å²) in [6.07, 6.45) is 3.08. The molecule has 1 fully saturated rings. The highest BCUT2D eigenvalue weighted by atomic mass is 19.1. The topological polar surface area (TPSA) is 20.2 Å². The van der Waals surface area contributed by atoms with E-state index in [9.17, 15) is 13.9 Å². The molecule has 2 rings (SSSR count). The van der Waals surface area contributed by atoms with Crippen molar-refractivity contribution in [1.29, 1.82) is 0 Å². The maximum Gasteiger partial charge on any atom is 0.129 e. The predicted molar refractivity (Wildman–Crippen MR) is 53.3 cm³/mol. The molecule has 1 atom stereocenters. The van der Waals surface area contributed by atoms with E-state index in [1.807, 2.05) is 0 Å². The Balaban J connectivity index is 2.23. The van der Waals surface area contributed by atoms with Crippen LogP contribution in [0, 0.1) is 17.6 Å². The number of aliphatic hydroxyl groups is 1. The Hall–Kier alpha value is -0.960. The van der Waals surface area contributed by atoms with Crippen molar-refractivity contribution in [3.05, 3.63) is 35.4 Å². The lowest BCUT2D eigenvalue weighted by Gasteiger charge is -2.18. The molecule has 0 unspecified atom stereocenters. The fraction of sp³-hybridized carbons (Fsp3) is 0.500. The second kappa shape index (κ2) is 4.27. The Kier molecular flexibility index (Phi) is 3.00. The van der Waals surface area contributed by atoms with Gasteiger partial charge in [0.2, 0.25) is 0 Å². The number of aliphatic hydroxyl groups excluding tert-OH is 1. The zero-order chi connectivity index (χ0) is 10.8. The molecule has 0 radical (unpaired) electrons. The Morgan fingerprint density at radius 3 is 2.53 bits per heavy atom. The summed E-state index contributed by atoms with van der Waals surface area (Å²) in [5.74, 6) is -0.930. The van der Waals surface area contributed by atoms with Gasteiger partial charge in [-0.3, -0.25) is 0 Å². The molecule has 1 aliphatic carbocycles. The first-order valence-electron chi connectivity index (χ1n) is 5.31. The predicted octanol–water partition coefficient (Wildman–Crippen LogP) is 3.19. The molecule has 0 heterocycles. The highest BCUT2D eigenvalue weighted by Gasteiger charge is 2.26. The van der Waals surface area contributed by atoms with Crippen LogP contribution in [-0.4, -0.2) is 5.11 Å². The normalized spacial score (nSPS) is 19.4. The summed E-state index contributed by atoms with van der Waals surface area (Å²) in [6.45, 7) is 0. The summed E-state index contributed by atoms with van der Waals surface area (Å²) in [6, 6.07) is 3.24. The molecule has 0 spiro atoms. The van der Waals surface area contributed by atoms with Crippen LogP contribution in [-0.2, 0) is 0 Å². The van der Waals surface area contributed by atoms with Crippen molar-refractivity contribution >= 4 is 0 Å². The van der Waals surface area contributed by atoms with Crippen molar-refractivity contribution in [3.63, 3.8) is 0 Å². The molecule has 1 N–H and O–H groups in total. The number of halogens is 2. The molecule has 15 heavy (non-hydrogen) atoms. The Morgan fingerprint density at radius 2 is 1.87 bits per heavy atom. The van der Waals surface area contributed by atoms with Gasteiger partial charge in [-0.15, -0.1) is 0 Å². The van der Waals surface area contributed by atoms with Gasteiger partial charge >= 0.3 is 0 Å². The van der Waals surface area contributed by atoms with E-state index in [-0.39, 0.29) is 11.5 Å². The fourth-order valence-corrected chi connectivity index (χ4v) is 2.27. The van der Waals surface area contributed by atoms with Crippen LogP contribution in [0.2, 0.25) is 0 Å². The number of hydrogen-bond acceptors (Lipinski definition) is 1. The van der Waals surface area contributed by atoms with Crippen LogP contribution in [0.25, 0.3) is 0 Å². The molecular weight excluding hydrogens is 198 g/mol. The highest BCUT2D eigenvalue weighted by Crippen LogP contribution is 2.36. The van der Waals surface area contributed by atoms with Gasteiger partial charge in [-0.05, 0) is 37.0 Å². The molecule has 0 amide bonds. The largest absolute Gasteiger partial charge is 0.388 e. The second-order valence-electron chi connectivity index (χ2n) is 4.16. The van der Waals surface area contributed by atoms with Crippen molar-refractivity contribution in [2.24, 2.45) is 5.92 Å². The van der Waals surface area contributed by atoms with E-state index in [2.05, 4.69) is 0 Å². The first-order valence-corrected chi connectivity index (χ1v) is 5.31. The zero-order valence-corrected chi connectivity index (χ0v) is 8.42. The molecule has 0 bridgehead atoms. The maximum absolute atomic E-state index is 13.3. The second-order valence-corrected chi connectivity index (χ2v) is 4.16. The minimum absolute atomic E-state index is 0.0845. The van der Waals surface area contributed by atoms with Gasteiger partial charge < -0.3 is 5.11 Å². The van der Waals surface area contributed by atoms with E-state index in [1.54, 1.807) is 0 Å². The first kappa shape index (κ1) is 10.6. The summed E-state index contributed by atoms with van der Waals surface area (Å²) in [5, 5.41) is 9.92. The molecule has 1 aromatic rings. The van der Waals surface area contributed by atoms with Crippen molar-refractivity contribution in [2.75, 3.05) is 0 Å². The Bertz CT molecular complexity index is 345. The lowest BCUT2D eigenvalue weighted by atomic mass is 9.94. The van der Waals surface area contributed by atoms with E-state index in [1.165, 1.54) is 0 Å². The van der Waals surface area contributed by atoms with Gasteiger partial charge in [-0.2, -0.15) is 0 Å². The third-order valence-corrected chi connectivity index (χ3v) is 3.12. The molecule has 0 aliphatic heterocycles. The minimum atomic E-state index is -0.858. The molecule has 1 aliphatic rings. The monoisotopic (exact) mass is 212 g/mol. The lowest BCUT2D eigenvalue weighted by Crippen LogP contribution is -2.11. The average molecular weight is 212 g/mol. The van der Waals surface area contributed by atoms with Crippen LogP contribution in [0.15, 0.2) is 18.2 Å². The lowest BCUT2D eigenvalue weighted by molar-refractivity contribution is 0.107. The van der Waals surface area contributed by atoms with E-state index in [0.29, 0.717) is 0 Å². The quantitative estimate of drug-likeness (QED) is 0.798. The van der Waals surface area contributed by atoms with Crippen LogP contribution >= 0.6 is 0 Å². The summed E-state index contributed by atoms with van der Waals surface area (Å²) in [7, 11) is 0. The molecule has 0 aromatic heterocycles. The van der Waals surface area contributed by atoms with Crippen LogP contribution in [0.5, 0.6) is 0 Å². The van der Waals surface area contributed by atoms with E-state index in [4.69, 9.17) is 0 Å². The molecule has 1 saturated carbocycles. The minimum Gasteiger partial charge on any atom is -0.388 e. The molecule has 3 heteroatoms. The van der Waals surface area contributed by atoms with Gasteiger partial charge in [0.15, 0.2) is 0 Å². The van der Waals surface area contributed by atoms with Crippen molar-refractivity contribution in [1.82, 2.24) is 0 Å².